The Morgan fingerprint density at radius 2 is 0.935 bits per heavy atom. The highest BCUT2D eigenvalue weighted by molar-refractivity contribution is 9.15. The second-order valence-electron chi connectivity index (χ2n) is 6.75. The van der Waals surface area contributed by atoms with Crippen LogP contribution in [0, 0.1) is 0 Å². The van der Waals surface area contributed by atoms with E-state index in [-0.39, 0.29) is 9.65 Å². The first-order valence-corrected chi connectivity index (χ1v) is 17.1. The second-order valence-corrected chi connectivity index (χ2v) is 14.1. The number of halogens is 8. The standard InChI is InChI=1S/C21H20Br8O2/c22-10-18(26)20(28,12-24)30-16-5-1-14(2-6-16)9-15-3-7-17(8-4-15)31-21(29,13-25)19(27)11-23/h1-8,18-19H,9-13H2. The largest absolute Gasteiger partial charge is 0.474 e. The maximum Gasteiger partial charge on any atom is 0.185 e. The van der Waals surface area contributed by atoms with E-state index in [2.05, 4.69) is 152 Å². The van der Waals surface area contributed by atoms with Crippen LogP contribution >= 0.6 is 127 Å². The first-order valence-electron chi connectivity index (χ1n) is 9.15. The van der Waals surface area contributed by atoms with E-state index in [1.807, 2.05) is 24.3 Å². The number of ether oxygens (including phenoxy) is 2. The molecule has 0 aliphatic heterocycles. The molecule has 0 bridgehead atoms. The van der Waals surface area contributed by atoms with Gasteiger partial charge < -0.3 is 9.47 Å². The molecule has 10 heteroatoms. The molecule has 0 N–H and O–H groups in total. The van der Waals surface area contributed by atoms with E-state index >= 15 is 0 Å². The van der Waals surface area contributed by atoms with Gasteiger partial charge in [-0.3, -0.25) is 0 Å². The lowest BCUT2D eigenvalue weighted by atomic mass is 10.0. The van der Waals surface area contributed by atoms with Crippen molar-refractivity contribution in [1.82, 2.24) is 0 Å². The van der Waals surface area contributed by atoms with Crippen LogP contribution in [-0.4, -0.2) is 40.0 Å². The Balaban J connectivity index is 2.02. The molecule has 0 aromatic heterocycles. The van der Waals surface area contributed by atoms with E-state index in [1.54, 1.807) is 0 Å². The second kappa shape index (κ2) is 13.8. The van der Waals surface area contributed by atoms with Crippen LogP contribution in [0.25, 0.3) is 0 Å². The molecule has 4 atom stereocenters. The van der Waals surface area contributed by atoms with Gasteiger partial charge in [-0.25, -0.2) is 0 Å². The maximum atomic E-state index is 6.17. The summed E-state index contributed by atoms with van der Waals surface area (Å²) in [5.74, 6) is 1.63. The van der Waals surface area contributed by atoms with Gasteiger partial charge >= 0.3 is 0 Å². The van der Waals surface area contributed by atoms with Crippen LogP contribution < -0.4 is 9.47 Å². The Hall–Kier alpha value is 1.88. The van der Waals surface area contributed by atoms with Crippen molar-refractivity contribution in [3.63, 3.8) is 0 Å². The minimum absolute atomic E-state index is 0.108. The summed E-state index contributed by atoms with van der Waals surface area (Å²) in [5.41, 5.74) is 2.43. The molecule has 0 aliphatic rings. The van der Waals surface area contributed by atoms with Gasteiger partial charge in [0.2, 0.25) is 0 Å². The average Bonchev–Trinajstić information content (AvgIpc) is 2.80. The molecule has 0 amide bonds. The SMILES string of the molecule is BrCC(Br)C(Br)(CBr)Oc1ccc(Cc2ccc(OC(Br)(CBr)C(Br)CBr)cc2)cc1. The molecule has 2 aromatic carbocycles. The van der Waals surface area contributed by atoms with Crippen molar-refractivity contribution in [3.05, 3.63) is 59.7 Å². The summed E-state index contributed by atoms with van der Waals surface area (Å²) in [6, 6.07) is 16.4. The number of hydrogen-bond donors (Lipinski definition) is 0. The fourth-order valence-electron chi connectivity index (χ4n) is 2.56. The Morgan fingerprint density at radius 1 is 0.613 bits per heavy atom. The van der Waals surface area contributed by atoms with Crippen molar-refractivity contribution in [2.24, 2.45) is 0 Å². The van der Waals surface area contributed by atoms with Gasteiger partial charge in [0.25, 0.3) is 0 Å². The Morgan fingerprint density at radius 3 is 1.19 bits per heavy atom. The van der Waals surface area contributed by atoms with Gasteiger partial charge in [0.05, 0.1) is 20.3 Å². The normalized spacial score (nSPS) is 17.3. The van der Waals surface area contributed by atoms with Crippen molar-refractivity contribution in [1.29, 1.82) is 0 Å². The molecule has 0 heterocycles. The molecule has 2 nitrogen and oxygen atoms in total. The number of hydrogen-bond acceptors (Lipinski definition) is 2. The van der Waals surface area contributed by atoms with E-state index < -0.39 is 9.02 Å². The highest BCUT2D eigenvalue weighted by Gasteiger charge is 2.36. The molecular weight excluding hydrogens is 923 g/mol. The minimum Gasteiger partial charge on any atom is -0.474 e. The lowest BCUT2D eigenvalue weighted by molar-refractivity contribution is 0.204. The van der Waals surface area contributed by atoms with Crippen molar-refractivity contribution in [2.75, 3.05) is 21.3 Å². The van der Waals surface area contributed by atoms with Gasteiger partial charge in [0.1, 0.15) is 11.5 Å². The lowest BCUT2D eigenvalue weighted by Gasteiger charge is -2.30. The Labute approximate surface area is 251 Å². The Bertz CT molecular complexity index is 737. The molecule has 0 spiro atoms. The van der Waals surface area contributed by atoms with E-state index in [0.717, 1.165) is 28.6 Å². The summed E-state index contributed by atoms with van der Waals surface area (Å²) >= 11 is 28.7. The van der Waals surface area contributed by atoms with Gasteiger partial charge in [-0.1, -0.05) is 120 Å². The highest BCUT2D eigenvalue weighted by Crippen LogP contribution is 2.36. The zero-order chi connectivity index (χ0) is 23.1. The number of rotatable bonds is 12. The van der Waals surface area contributed by atoms with Gasteiger partial charge in [0, 0.05) is 10.7 Å². The molecule has 4 unspecified atom stereocenters. The van der Waals surface area contributed by atoms with Gasteiger partial charge in [-0.05, 0) is 73.7 Å². The summed E-state index contributed by atoms with van der Waals surface area (Å²) < 4.78 is 11.3. The molecule has 0 saturated heterocycles. The first-order chi connectivity index (χ1) is 14.7. The number of benzene rings is 2. The van der Waals surface area contributed by atoms with Crippen LogP contribution in [0.15, 0.2) is 48.5 Å². The van der Waals surface area contributed by atoms with Gasteiger partial charge in [-0.2, -0.15) is 0 Å². The molecule has 0 aliphatic carbocycles. The van der Waals surface area contributed by atoms with Crippen LogP contribution in [0.3, 0.4) is 0 Å². The summed E-state index contributed by atoms with van der Waals surface area (Å²) in [7, 11) is 0. The third kappa shape index (κ3) is 8.50. The van der Waals surface area contributed by atoms with Crippen molar-refractivity contribution >= 4 is 127 Å². The number of alkyl halides is 8. The zero-order valence-electron chi connectivity index (χ0n) is 16.1. The maximum absolute atomic E-state index is 6.17. The molecule has 0 fully saturated rings. The van der Waals surface area contributed by atoms with Crippen molar-refractivity contribution in [3.8, 4) is 11.5 Å². The fraction of sp³-hybridized carbons (Fsp3) is 0.429. The third-order valence-electron chi connectivity index (χ3n) is 4.40. The topological polar surface area (TPSA) is 18.5 Å². The predicted molar refractivity (Wildman–Crippen MR) is 161 cm³/mol. The van der Waals surface area contributed by atoms with Crippen LogP contribution in [0.1, 0.15) is 11.1 Å². The Kier molecular flexibility index (Phi) is 13.0. The molecule has 2 rings (SSSR count). The van der Waals surface area contributed by atoms with Crippen molar-refractivity contribution < 1.29 is 9.47 Å². The first kappa shape index (κ1) is 29.1. The van der Waals surface area contributed by atoms with Crippen LogP contribution in [0.2, 0.25) is 0 Å². The van der Waals surface area contributed by atoms with Gasteiger partial charge in [0.15, 0.2) is 9.02 Å². The fourth-order valence-corrected chi connectivity index (χ4v) is 7.56. The minimum atomic E-state index is -0.531. The molecule has 31 heavy (non-hydrogen) atoms. The van der Waals surface area contributed by atoms with Crippen molar-refractivity contribution in [2.45, 2.75) is 25.1 Å². The van der Waals surface area contributed by atoms with E-state index in [4.69, 9.17) is 9.47 Å². The van der Waals surface area contributed by atoms with E-state index in [9.17, 15) is 0 Å². The summed E-state index contributed by atoms with van der Waals surface area (Å²) in [6.45, 7) is 0. The summed E-state index contributed by atoms with van der Waals surface area (Å²) in [4.78, 5) is 0.217. The van der Waals surface area contributed by atoms with Crippen LogP contribution in [-0.2, 0) is 6.42 Å². The summed E-state index contributed by atoms with van der Waals surface area (Å²) in [5, 5.41) is 2.82. The van der Waals surface area contributed by atoms with Crippen LogP contribution in [0.5, 0.6) is 11.5 Å². The molecule has 0 radical (unpaired) electrons. The zero-order valence-corrected chi connectivity index (χ0v) is 28.8. The summed E-state index contributed by atoms with van der Waals surface area (Å²) in [6.07, 6.45) is 0.835. The average molecular weight is 944 g/mol. The van der Waals surface area contributed by atoms with Gasteiger partial charge in [-0.15, -0.1) is 0 Å². The predicted octanol–water partition coefficient (Wildman–Crippen LogP) is 9.32. The third-order valence-corrected chi connectivity index (χ3v) is 15.9. The molecule has 2 aromatic rings. The molecule has 0 saturated carbocycles. The quantitative estimate of drug-likeness (QED) is 0.198. The monoisotopic (exact) mass is 935 g/mol. The smallest absolute Gasteiger partial charge is 0.185 e. The van der Waals surface area contributed by atoms with E-state index in [1.165, 1.54) is 11.1 Å². The molecular formula is C21H20Br8O2. The van der Waals surface area contributed by atoms with Crippen LogP contribution in [0.4, 0.5) is 0 Å². The lowest BCUT2D eigenvalue weighted by Crippen LogP contribution is -2.41. The molecule has 172 valence electrons. The van der Waals surface area contributed by atoms with E-state index in [0.29, 0.717) is 10.7 Å². The highest BCUT2D eigenvalue weighted by atomic mass is 79.9.